The summed E-state index contributed by atoms with van der Waals surface area (Å²) in [6.45, 7) is 0.343. The lowest BCUT2D eigenvalue weighted by Crippen LogP contribution is -2.36. The molecule has 1 aromatic rings. The van der Waals surface area contributed by atoms with E-state index in [1.54, 1.807) is 6.92 Å². The van der Waals surface area contributed by atoms with E-state index < -0.39 is 18.8 Å². The van der Waals surface area contributed by atoms with Crippen LogP contribution in [0.5, 0.6) is 5.75 Å². The highest BCUT2D eigenvalue weighted by Gasteiger charge is 2.28. The molecule has 0 saturated carbocycles. The van der Waals surface area contributed by atoms with Crippen LogP contribution in [0.3, 0.4) is 0 Å². The molecule has 0 bridgehead atoms. The van der Waals surface area contributed by atoms with Crippen LogP contribution in [0, 0.1) is 0 Å². The molecule has 21 heavy (non-hydrogen) atoms. The number of benzene rings is 1. The van der Waals surface area contributed by atoms with Gasteiger partial charge >= 0.3 is 12.2 Å². The number of hydrogen-bond donors (Lipinski definition) is 3. The molecular weight excluding hydrogens is 289 g/mol. The summed E-state index contributed by atoms with van der Waals surface area (Å²) in [7, 11) is 0. The van der Waals surface area contributed by atoms with E-state index >= 15 is 0 Å². The second-order valence-corrected chi connectivity index (χ2v) is 4.44. The Bertz CT molecular complexity index is 449. The first kappa shape index (κ1) is 17.1. The lowest BCUT2D eigenvalue weighted by molar-refractivity contribution is -0.153. The second-order valence-electron chi connectivity index (χ2n) is 4.44. The van der Waals surface area contributed by atoms with Crippen LogP contribution in [0.15, 0.2) is 24.3 Å². The van der Waals surface area contributed by atoms with Gasteiger partial charge in [-0.1, -0.05) is 0 Å². The van der Waals surface area contributed by atoms with Crippen molar-refractivity contribution in [2.45, 2.75) is 25.6 Å². The average Bonchev–Trinajstić information content (AvgIpc) is 2.37. The quantitative estimate of drug-likeness (QED) is 0.756. The van der Waals surface area contributed by atoms with Crippen molar-refractivity contribution in [2.24, 2.45) is 0 Å². The van der Waals surface area contributed by atoms with Crippen molar-refractivity contribution < 1.29 is 27.8 Å². The standard InChI is InChI=1S/C13H17F3N2O3/c1-9(6-7-19)17-12(20)18-10-2-4-11(5-3-10)21-8-13(14,15)16/h2-5,9,19H,6-8H2,1H3,(H2,17,18,20)/t9-/m1/s1. The molecule has 5 nitrogen and oxygen atoms in total. The molecule has 1 rings (SSSR count). The summed E-state index contributed by atoms with van der Waals surface area (Å²) < 4.78 is 40.5. The summed E-state index contributed by atoms with van der Waals surface area (Å²) in [5.74, 6) is 0.0620. The average molecular weight is 306 g/mol. The van der Waals surface area contributed by atoms with Crippen LogP contribution in [0.2, 0.25) is 0 Å². The Labute approximate surface area is 120 Å². The summed E-state index contributed by atoms with van der Waals surface area (Å²) in [6.07, 6.45) is -3.96. The van der Waals surface area contributed by atoms with Crippen LogP contribution in [-0.2, 0) is 0 Å². The number of urea groups is 1. The van der Waals surface area contributed by atoms with Gasteiger partial charge in [0.15, 0.2) is 6.61 Å². The number of hydrogen-bond acceptors (Lipinski definition) is 3. The largest absolute Gasteiger partial charge is 0.484 e. The molecule has 0 unspecified atom stereocenters. The molecule has 1 aromatic carbocycles. The topological polar surface area (TPSA) is 70.6 Å². The van der Waals surface area contributed by atoms with Crippen LogP contribution in [0.25, 0.3) is 0 Å². The number of nitrogens with one attached hydrogen (secondary N) is 2. The maximum Gasteiger partial charge on any atom is 0.422 e. The molecule has 118 valence electrons. The number of aliphatic hydroxyl groups is 1. The van der Waals surface area contributed by atoms with Gasteiger partial charge in [0.1, 0.15) is 5.75 Å². The van der Waals surface area contributed by atoms with Crippen molar-refractivity contribution in [3.8, 4) is 5.75 Å². The van der Waals surface area contributed by atoms with Crippen molar-refractivity contribution in [2.75, 3.05) is 18.5 Å². The van der Waals surface area contributed by atoms with Crippen LogP contribution in [0.4, 0.5) is 23.7 Å². The summed E-state index contributed by atoms with van der Waals surface area (Å²) >= 11 is 0. The van der Waals surface area contributed by atoms with Gasteiger partial charge in [0.05, 0.1) is 0 Å². The molecular formula is C13H17F3N2O3. The zero-order chi connectivity index (χ0) is 15.9. The number of carbonyl (C=O) groups is 1. The number of alkyl halides is 3. The van der Waals surface area contributed by atoms with Crippen molar-refractivity contribution in [1.82, 2.24) is 5.32 Å². The molecule has 0 aliphatic carbocycles. The van der Waals surface area contributed by atoms with Gasteiger partial charge in [0.2, 0.25) is 0 Å². The second kappa shape index (κ2) is 7.72. The van der Waals surface area contributed by atoms with Gasteiger partial charge in [0.25, 0.3) is 0 Å². The zero-order valence-corrected chi connectivity index (χ0v) is 11.4. The van der Waals surface area contributed by atoms with E-state index in [9.17, 15) is 18.0 Å². The number of halogens is 3. The van der Waals surface area contributed by atoms with E-state index in [0.717, 1.165) is 0 Å². The molecule has 0 fully saturated rings. The normalized spacial score (nSPS) is 12.6. The van der Waals surface area contributed by atoms with E-state index in [-0.39, 0.29) is 18.4 Å². The van der Waals surface area contributed by atoms with Crippen molar-refractivity contribution in [3.63, 3.8) is 0 Å². The molecule has 1 atom stereocenters. The van der Waals surface area contributed by atoms with Crippen LogP contribution in [-0.4, -0.2) is 36.6 Å². The first-order chi connectivity index (χ1) is 9.80. The van der Waals surface area contributed by atoms with E-state index in [0.29, 0.717) is 12.1 Å². The highest BCUT2D eigenvalue weighted by molar-refractivity contribution is 5.89. The smallest absolute Gasteiger partial charge is 0.422 e. The minimum Gasteiger partial charge on any atom is -0.484 e. The molecule has 2 amide bonds. The van der Waals surface area contributed by atoms with Gasteiger partial charge in [-0.05, 0) is 37.6 Å². The van der Waals surface area contributed by atoms with Gasteiger partial charge in [-0.3, -0.25) is 0 Å². The van der Waals surface area contributed by atoms with Crippen molar-refractivity contribution in [3.05, 3.63) is 24.3 Å². The maximum atomic E-state index is 12.0. The first-order valence-electron chi connectivity index (χ1n) is 6.28. The number of rotatable bonds is 6. The van der Waals surface area contributed by atoms with E-state index in [2.05, 4.69) is 15.4 Å². The third-order valence-corrected chi connectivity index (χ3v) is 2.45. The van der Waals surface area contributed by atoms with Crippen LogP contribution < -0.4 is 15.4 Å². The van der Waals surface area contributed by atoms with E-state index in [1.165, 1.54) is 24.3 Å². The lowest BCUT2D eigenvalue weighted by atomic mass is 10.2. The Hall–Kier alpha value is -1.96. The number of ether oxygens (including phenoxy) is 1. The monoisotopic (exact) mass is 306 g/mol. The summed E-state index contributed by atoms with van der Waals surface area (Å²) in [5.41, 5.74) is 0.419. The molecule has 0 spiro atoms. The van der Waals surface area contributed by atoms with Gasteiger partial charge in [-0.15, -0.1) is 0 Å². The van der Waals surface area contributed by atoms with Crippen LogP contribution >= 0.6 is 0 Å². The van der Waals surface area contributed by atoms with Crippen LogP contribution in [0.1, 0.15) is 13.3 Å². The van der Waals surface area contributed by atoms with E-state index in [4.69, 9.17) is 5.11 Å². The predicted octanol–water partition coefficient (Wildman–Crippen LogP) is 2.52. The third kappa shape index (κ3) is 7.40. The minimum absolute atomic E-state index is 0.0350. The van der Waals surface area contributed by atoms with E-state index in [1.807, 2.05) is 0 Å². The fourth-order valence-corrected chi connectivity index (χ4v) is 1.46. The molecule has 0 radical (unpaired) electrons. The van der Waals surface area contributed by atoms with Crippen molar-refractivity contribution in [1.29, 1.82) is 0 Å². The Morgan fingerprint density at radius 1 is 1.33 bits per heavy atom. The summed E-state index contributed by atoms with van der Waals surface area (Å²) in [4.78, 5) is 11.6. The number of aliphatic hydroxyl groups excluding tert-OH is 1. The SMILES string of the molecule is C[C@H](CCO)NC(=O)Nc1ccc(OCC(F)(F)F)cc1. The molecule has 8 heteroatoms. The van der Waals surface area contributed by atoms with Gasteiger partial charge in [0, 0.05) is 18.3 Å². The minimum atomic E-state index is -4.39. The Morgan fingerprint density at radius 2 is 1.95 bits per heavy atom. The molecule has 0 aliphatic heterocycles. The highest BCUT2D eigenvalue weighted by atomic mass is 19.4. The Balaban J connectivity index is 2.45. The summed E-state index contributed by atoms with van der Waals surface area (Å²) in [6, 6.07) is 4.88. The Kier molecular flexibility index (Phi) is 6.29. The molecule has 0 aromatic heterocycles. The molecule has 0 aliphatic rings. The number of anilines is 1. The number of amides is 2. The van der Waals surface area contributed by atoms with Gasteiger partial charge < -0.3 is 20.5 Å². The maximum absolute atomic E-state index is 12.0. The molecule has 3 N–H and O–H groups in total. The third-order valence-electron chi connectivity index (χ3n) is 2.45. The zero-order valence-electron chi connectivity index (χ0n) is 11.4. The fourth-order valence-electron chi connectivity index (χ4n) is 1.46. The Morgan fingerprint density at radius 3 is 2.48 bits per heavy atom. The highest BCUT2D eigenvalue weighted by Crippen LogP contribution is 2.20. The van der Waals surface area contributed by atoms with Gasteiger partial charge in [-0.25, -0.2) is 4.79 Å². The molecule has 0 saturated heterocycles. The fraction of sp³-hybridized carbons (Fsp3) is 0.462. The lowest BCUT2D eigenvalue weighted by Gasteiger charge is -2.14. The van der Waals surface area contributed by atoms with Crippen molar-refractivity contribution >= 4 is 11.7 Å². The summed E-state index contributed by atoms with van der Waals surface area (Å²) in [5, 5.41) is 13.8. The van der Waals surface area contributed by atoms with Gasteiger partial charge in [-0.2, -0.15) is 13.2 Å². The first-order valence-corrected chi connectivity index (χ1v) is 6.28. The number of carbonyl (C=O) groups excluding carboxylic acids is 1. The predicted molar refractivity (Wildman–Crippen MR) is 71.3 cm³/mol. The molecule has 0 heterocycles.